The molecule has 1 N–H and O–H groups in total. The minimum absolute atomic E-state index is 0.00292. The molecule has 0 aliphatic heterocycles. The third-order valence-electron chi connectivity index (χ3n) is 1.49. The van der Waals surface area contributed by atoms with Gasteiger partial charge in [-0.2, -0.15) is 0 Å². The maximum atomic E-state index is 11.6. The average molecular weight is 256 g/mol. The van der Waals surface area contributed by atoms with E-state index in [1.165, 1.54) is 14.1 Å². The van der Waals surface area contributed by atoms with E-state index in [1.54, 1.807) is 7.05 Å². The molecule has 14 heavy (non-hydrogen) atoms. The number of hydrogen-bond donors (Lipinski definition) is 1. The van der Waals surface area contributed by atoms with Crippen LogP contribution in [0.2, 0.25) is 5.15 Å². The summed E-state index contributed by atoms with van der Waals surface area (Å²) in [7, 11) is 1.08. The first-order valence-corrected chi connectivity index (χ1v) is 6.29. The maximum absolute atomic E-state index is 11.6. The second kappa shape index (κ2) is 4.01. The predicted molar refractivity (Wildman–Crippen MR) is 57.5 cm³/mol. The molecule has 0 fully saturated rings. The summed E-state index contributed by atoms with van der Waals surface area (Å²) in [5.41, 5.74) is 0. The first-order valence-electron chi connectivity index (χ1n) is 3.66. The number of rotatable bonds is 3. The molecule has 1 aromatic heterocycles. The van der Waals surface area contributed by atoms with Crippen LogP contribution in [-0.2, 0) is 10.0 Å². The second-order valence-corrected chi connectivity index (χ2v) is 6.32. The van der Waals surface area contributed by atoms with Crippen molar-refractivity contribution in [3.63, 3.8) is 0 Å². The first kappa shape index (κ1) is 11.7. The number of aromatic nitrogens is 1. The zero-order chi connectivity index (χ0) is 10.9. The number of hydrogen-bond acceptors (Lipinski definition) is 5. The molecule has 1 rings (SSSR count). The Morgan fingerprint density at radius 3 is 2.43 bits per heavy atom. The fourth-order valence-corrected chi connectivity index (χ4v) is 3.28. The van der Waals surface area contributed by atoms with Gasteiger partial charge >= 0.3 is 0 Å². The van der Waals surface area contributed by atoms with Crippen molar-refractivity contribution in [2.75, 3.05) is 26.5 Å². The van der Waals surface area contributed by atoms with Gasteiger partial charge in [0.25, 0.3) is 10.0 Å². The molecule has 0 unspecified atom stereocenters. The van der Waals surface area contributed by atoms with E-state index in [9.17, 15) is 8.42 Å². The highest BCUT2D eigenvalue weighted by atomic mass is 35.5. The van der Waals surface area contributed by atoms with Gasteiger partial charge in [0, 0.05) is 21.1 Å². The van der Waals surface area contributed by atoms with Gasteiger partial charge in [0.05, 0.1) is 0 Å². The summed E-state index contributed by atoms with van der Waals surface area (Å²) in [4.78, 5) is 3.77. The third kappa shape index (κ3) is 2.00. The van der Waals surface area contributed by atoms with Crippen molar-refractivity contribution in [3.8, 4) is 0 Å². The van der Waals surface area contributed by atoms with Crippen molar-refractivity contribution in [1.82, 2.24) is 9.29 Å². The van der Waals surface area contributed by atoms with Crippen LogP contribution < -0.4 is 5.32 Å². The van der Waals surface area contributed by atoms with Gasteiger partial charge < -0.3 is 5.32 Å². The quantitative estimate of drug-likeness (QED) is 0.878. The number of nitrogens with zero attached hydrogens (tertiary/aromatic N) is 2. The van der Waals surface area contributed by atoms with Crippen molar-refractivity contribution in [2.24, 2.45) is 0 Å². The van der Waals surface area contributed by atoms with Crippen molar-refractivity contribution in [1.29, 1.82) is 0 Å². The summed E-state index contributed by atoms with van der Waals surface area (Å²) < 4.78 is 24.3. The molecule has 0 bridgehead atoms. The lowest BCUT2D eigenvalue weighted by molar-refractivity contribution is 0.520. The molecule has 0 saturated heterocycles. The molecule has 0 radical (unpaired) electrons. The maximum Gasteiger partial charge on any atom is 0.269 e. The van der Waals surface area contributed by atoms with Crippen LogP contribution in [0.15, 0.2) is 4.34 Å². The molecule has 0 aliphatic rings. The molecular weight excluding hydrogens is 246 g/mol. The van der Waals surface area contributed by atoms with Gasteiger partial charge in [0.15, 0.2) is 5.15 Å². The van der Waals surface area contributed by atoms with Crippen molar-refractivity contribution >= 4 is 38.0 Å². The Balaban J connectivity index is 3.22. The van der Waals surface area contributed by atoms with Crippen molar-refractivity contribution < 1.29 is 8.42 Å². The normalized spacial score (nSPS) is 12.1. The van der Waals surface area contributed by atoms with E-state index in [0.29, 0.717) is 5.00 Å². The van der Waals surface area contributed by atoms with E-state index in [-0.39, 0.29) is 9.49 Å². The highest BCUT2D eigenvalue weighted by Crippen LogP contribution is 2.31. The molecule has 0 spiro atoms. The fourth-order valence-electron chi connectivity index (χ4n) is 0.704. The zero-order valence-corrected chi connectivity index (χ0v) is 10.3. The Morgan fingerprint density at radius 1 is 1.50 bits per heavy atom. The number of anilines is 1. The van der Waals surface area contributed by atoms with Gasteiger partial charge in [-0.3, -0.25) is 0 Å². The minimum Gasteiger partial charge on any atom is -0.377 e. The molecule has 0 saturated carbocycles. The second-order valence-electron chi connectivity index (χ2n) is 2.64. The number of sulfonamides is 1. The minimum atomic E-state index is -3.47. The summed E-state index contributed by atoms with van der Waals surface area (Å²) >= 11 is 6.72. The number of nitrogens with one attached hydrogen (secondary N) is 1. The van der Waals surface area contributed by atoms with Crippen LogP contribution in [0.5, 0.6) is 0 Å². The van der Waals surface area contributed by atoms with E-state index in [0.717, 1.165) is 15.6 Å². The highest BCUT2D eigenvalue weighted by Gasteiger charge is 2.23. The van der Waals surface area contributed by atoms with Crippen LogP contribution in [0, 0.1) is 0 Å². The average Bonchev–Trinajstić information content (AvgIpc) is 2.47. The number of thiazole rings is 1. The van der Waals surface area contributed by atoms with Crippen LogP contribution in [-0.4, -0.2) is 38.9 Å². The Kier molecular flexibility index (Phi) is 3.36. The predicted octanol–water partition coefficient (Wildman–Crippen LogP) is 1.09. The summed E-state index contributed by atoms with van der Waals surface area (Å²) in [5, 5.41) is 3.49. The Bertz CT molecular complexity index is 426. The van der Waals surface area contributed by atoms with E-state index >= 15 is 0 Å². The van der Waals surface area contributed by atoms with Gasteiger partial charge in [0.2, 0.25) is 4.34 Å². The molecule has 5 nitrogen and oxygen atoms in total. The monoisotopic (exact) mass is 255 g/mol. The molecule has 0 aromatic carbocycles. The van der Waals surface area contributed by atoms with Crippen LogP contribution in [0.4, 0.5) is 5.00 Å². The Labute approximate surface area is 91.8 Å². The van der Waals surface area contributed by atoms with Gasteiger partial charge in [-0.25, -0.2) is 17.7 Å². The van der Waals surface area contributed by atoms with Gasteiger partial charge in [-0.05, 0) is 0 Å². The van der Waals surface area contributed by atoms with E-state index < -0.39 is 10.0 Å². The molecule has 0 atom stereocenters. The lowest BCUT2D eigenvalue weighted by Crippen LogP contribution is -2.21. The van der Waals surface area contributed by atoms with Gasteiger partial charge in [-0.1, -0.05) is 22.9 Å². The summed E-state index contributed by atoms with van der Waals surface area (Å²) in [6, 6.07) is 0. The summed E-state index contributed by atoms with van der Waals surface area (Å²) in [6.07, 6.45) is 0. The number of halogens is 1. The van der Waals surface area contributed by atoms with Crippen LogP contribution in [0.25, 0.3) is 0 Å². The summed E-state index contributed by atoms with van der Waals surface area (Å²) in [5.74, 6) is 0. The fraction of sp³-hybridized carbons (Fsp3) is 0.500. The van der Waals surface area contributed by atoms with Gasteiger partial charge in [0.1, 0.15) is 5.00 Å². The van der Waals surface area contributed by atoms with E-state index in [4.69, 9.17) is 11.6 Å². The van der Waals surface area contributed by atoms with E-state index in [2.05, 4.69) is 10.3 Å². The largest absolute Gasteiger partial charge is 0.377 e. The topological polar surface area (TPSA) is 62.3 Å². The van der Waals surface area contributed by atoms with Crippen LogP contribution >= 0.6 is 22.9 Å². The van der Waals surface area contributed by atoms with Crippen LogP contribution in [0.1, 0.15) is 0 Å². The molecular formula is C6H10ClN3O2S2. The smallest absolute Gasteiger partial charge is 0.269 e. The first-order chi connectivity index (χ1) is 6.39. The third-order valence-corrected chi connectivity index (χ3v) is 5.12. The zero-order valence-electron chi connectivity index (χ0n) is 7.91. The molecule has 0 aliphatic carbocycles. The molecule has 0 amide bonds. The molecule has 80 valence electrons. The highest BCUT2D eigenvalue weighted by molar-refractivity contribution is 7.91. The molecule has 1 aromatic rings. The van der Waals surface area contributed by atoms with E-state index in [1.807, 2.05) is 0 Å². The SMILES string of the molecule is CNc1sc(S(=O)(=O)N(C)C)nc1Cl. The lowest BCUT2D eigenvalue weighted by Gasteiger charge is -2.06. The Morgan fingerprint density at radius 2 is 2.07 bits per heavy atom. The van der Waals surface area contributed by atoms with Crippen molar-refractivity contribution in [3.05, 3.63) is 5.15 Å². The lowest BCUT2D eigenvalue weighted by atomic mass is 10.8. The standard InChI is InChI=1S/C6H10ClN3O2S2/c1-8-5-4(7)9-6(13-5)14(11,12)10(2)3/h8H,1-3H3. The van der Waals surface area contributed by atoms with Crippen molar-refractivity contribution in [2.45, 2.75) is 4.34 Å². The summed E-state index contributed by atoms with van der Waals surface area (Å²) in [6.45, 7) is 0. The Hall–Kier alpha value is -0.370. The molecule has 1 heterocycles. The van der Waals surface area contributed by atoms with Crippen LogP contribution in [0.3, 0.4) is 0 Å². The molecule has 8 heteroatoms. The van der Waals surface area contributed by atoms with Gasteiger partial charge in [-0.15, -0.1) is 0 Å².